The van der Waals surface area contributed by atoms with Crippen LogP contribution >= 0.6 is 0 Å². The van der Waals surface area contributed by atoms with Crippen LogP contribution in [0.15, 0.2) is 48.5 Å². The van der Waals surface area contributed by atoms with Crippen LogP contribution in [0.3, 0.4) is 0 Å². The second-order valence-corrected chi connectivity index (χ2v) is 3.74. The van der Waals surface area contributed by atoms with Gasteiger partial charge in [-0.25, -0.2) is 0 Å². The summed E-state index contributed by atoms with van der Waals surface area (Å²) in [6, 6.07) is 13.5. The first-order valence-electron chi connectivity index (χ1n) is 5.19. The minimum Gasteiger partial charge on any atom is -0.192 e. The monoisotopic (exact) mass is 247 g/mol. The Labute approximate surface area is 102 Å². The largest absolute Gasteiger partial charge is 0.416 e. The molecule has 2 rings (SSSR count). The van der Waals surface area contributed by atoms with Crippen LogP contribution in [0.25, 0.3) is 11.1 Å². The van der Waals surface area contributed by atoms with Gasteiger partial charge in [-0.05, 0) is 29.3 Å². The molecule has 4 heteroatoms. The van der Waals surface area contributed by atoms with Gasteiger partial charge in [0.1, 0.15) is 0 Å². The fourth-order valence-electron chi connectivity index (χ4n) is 1.70. The molecule has 2 aromatic carbocycles. The molecule has 0 saturated heterocycles. The topological polar surface area (TPSA) is 23.8 Å². The maximum absolute atomic E-state index is 12.6. The van der Waals surface area contributed by atoms with E-state index < -0.39 is 11.7 Å². The van der Waals surface area contributed by atoms with E-state index in [1.807, 2.05) is 6.07 Å². The average molecular weight is 247 g/mol. The van der Waals surface area contributed by atoms with E-state index >= 15 is 0 Å². The van der Waals surface area contributed by atoms with Crippen molar-refractivity contribution in [1.29, 1.82) is 5.26 Å². The number of alkyl halides is 3. The standard InChI is InChI=1S/C14H8F3N/c15-14(16,17)12-6-3-5-10(8-12)13-7-2-1-4-11(13)9-18/h1-8H. The van der Waals surface area contributed by atoms with Gasteiger partial charge in [0, 0.05) is 0 Å². The molecule has 90 valence electrons. The van der Waals surface area contributed by atoms with Gasteiger partial charge in [0.25, 0.3) is 0 Å². The van der Waals surface area contributed by atoms with Gasteiger partial charge in [-0.1, -0.05) is 30.3 Å². The predicted molar refractivity (Wildman–Crippen MR) is 61.6 cm³/mol. The lowest BCUT2D eigenvalue weighted by molar-refractivity contribution is -0.137. The molecule has 18 heavy (non-hydrogen) atoms. The lowest BCUT2D eigenvalue weighted by Crippen LogP contribution is -2.04. The number of nitrogens with zero attached hydrogens (tertiary/aromatic N) is 1. The third-order valence-electron chi connectivity index (χ3n) is 2.55. The summed E-state index contributed by atoms with van der Waals surface area (Å²) in [7, 11) is 0. The maximum atomic E-state index is 12.6. The van der Waals surface area contributed by atoms with Gasteiger partial charge in [-0.3, -0.25) is 0 Å². The Morgan fingerprint density at radius 1 is 0.944 bits per heavy atom. The van der Waals surface area contributed by atoms with E-state index in [0.717, 1.165) is 12.1 Å². The van der Waals surface area contributed by atoms with Crippen molar-refractivity contribution in [1.82, 2.24) is 0 Å². The Morgan fingerprint density at radius 3 is 2.33 bits per heavy atom. The fourth-order valence-corrected chi connectivity index (χ4v) is 1.70. The van der Waals surface area contributed by atoms with Crippen molar-refractivity contribution < 1.29 is 13.2 Å². The zero-order chi connectivity index (χ0) is 13.2. The van der Waals surface area contributed by atoms with E-state index in [9.17, 15) is 13.2 Å². The van der Waals surface area contributed by atoms with Crippen LogP contribution in [0.1, 0.15) is 11.1 Å². The van der Waals surface area contributed by atoms with Gasteiger partial charge in [0.15, 0.2) is 0 Å². The summed E-state index contributed by atoms with van der Waals surface area (Å²) in [5, 5.41) is 8.94. The van der Waals surface area contributed by atoms with Gasteiger partial charge >= 0.3 is 6.18 Å². The number of benzene rings is 2. The van der Waals surface area contributed by atoms with Crippen molar-refractivity contribution in [2.45, 2.75) is 6.18 Å². The summed E-state index contributed by atoms with van der Waals surface area (Å²) in [4.78, 5) is 0. The molecule has 0 aliphatic rings. The Kier molecular flexibility index (Phi) is 3.07. The second-order valence-electron chi connectivity index (χ2n) is 3.74. The summed E-state index contributed by atoms with van der Waals surface area (Å²) < 4.78 is 37.8. The van der Waals surface area contributed by atoms with Crippen molar-refractivity contribution in [3.63, 3.8) is 0 Å². The molecule has 0 radical (unpaired) electrons. The second kappa shape index (κ2) is 4.53. The maximum Gasteiger partial charge on any atom is 0.416 e. The van der Waals surface area contributed by atoms with Gasteiger partial charge in [-0.2, -0.15) is 18.4 Å². The third kappa shape index (κ3) is 2.35. The van der Waals surface area contributed by atoms with Gasteiger partial charge in [0.05, 0.1) is 17.2 Å². The quantitative estimate of drug-likeness (QED) is 0.739. The number of halogens is 3. The molecule has 0 amide bonds. The van der Waals surface area contributed by atoms with E-state index in [4.69, 9.17) is 5.26 Å². The van der Waals surface area contributed by atoms with Crippen LogP contribution in [-0.4, -0.2) is 0 Å². The zero-order valence-corrected chi connectivity index (χ0v) is 9.20. The van der Waals surface area contributed by atoms with Crippen molar-refractivity contribution in [3.05, 3.63) is 59.7 Å². The third-order valence-corrected chi connectivity index (χ3v) is 2.55. The Bertz CT molecular complexity index is 609. The molecule has 0 unspecified atom stereocenters. The molecule has 0 aromatic heterocycles. The first kappa shape index (κ1) is 12.2. The van der Waals surface area contributed by atoms with Crippen molar-refractivity contribution in [2.24, 2.45) is 0 Å². The first-order valence-corrected chi connectivity index (χ1v) is 5.19. The molecule has 0 atom stereocenters. The first-order chi connectivity index (χ1) is 8.52. The highest BCUT2D eigenvalue weighted by atomic mass is 19.4. The van der Waals surface area contributed by atoms with Crippen LogP contribution in [-0.2, 0) is 6.18 Å². The summed E-state index contributed by atoms with van der Waals surface area (Å²) >= 11 is 0. The SMILES string of the molecule is N#Cc1ccccc1-c1cccc(C(F)(F)F)c1. The number of hydrogen-bond donors (Lipinski definition) is 0. The molecule has 0 fully saturated rings. The van der Waals surface area contributed by atoms with Crippen LogP contribution in [0.4, 0.5) is 13.2 Å². The number of rotatable bonds is 1. The summed E-state index contributed by atoms with van der Waals surface area (Å²) in [6.07, 6.45) is -4.38. The fraction of sp³-hybridized carbons (Fsp3) is 0.0714. The normalized spacial score (nSPS) is 11.0. The smallest absolute Gasteiger partial charge is 0.192 e. The summed E-state index contributed by atoms with van der Waals surface area (Å²) in [5.41, 5.74) is 0.539. The molecule has 0 spiro atoms. The van der Waals surface area contributed by atoms with E-state index in [2.05, 4.69) is 0 Å². The van der Waals surface area contributed by atoms with Crippen LogP contribution in [0.2, 0.25) is 0 Å². The highest BCUT2D eigenvalue weighted by Crippen LogP contribution is 2.32. The average Bonchev–Trinajstić information content (AvgIpc) is 2.38. The molecule has 0 saturated carbocycles. The van der Waals surface area contributed by atoms with Crippen LogP contribution in [0.5, 0.6) is 0 Å². The van der Waals surface area contributed by atoms with E-state index in [1.165, 1.54) is 6.07 Å². The minimum atomic E-state index is -4.38. The number of nitriles is 1. The molecular formula is C14H8F3N. The Morgan fingerprint density at radius 2 is 1.67 bits per heavy atom. The molecule has 0 aliphatic heterocycles. The molecule has 2 aromatic rings. The predicted octanol–water partition coefficient (Wildman–Crippen LogP) is 4.24. The van der Waals surface area contributed by atoms with Crippen LogP contribution in [0, 0.1) is 11.3 Å². The Balaban J connectivity index is 2.56. The highest BCUT2D eigenvalue weighted by molar-refractivity contribution is 5.70. The lowest BCUT2D eigenvalue weighted by Gasteiger charge is -2.09. The van der Waals surface area contributed by atoms with Crippen molar-refractivity contribution in [3.8, 4) is 17.2 Å². The van der Waals surface area contributed by atoms with Crippen molar-refractivity contribution >= 4 is 0 Å². The van der Waals surface area contributed by atoms with Gasteiger partial charge in [0.2, 0.25) is 0 Å². The highest BCUT2D eigenvalue weighted by Gasteiger charge is 2.30. The molecular weight excluding hydrogens is 239 g/mol. The summed E-state index contributed by atoms with van der Waals surface area (Å²) in [5.74, 6) is 0. The van der Waals surface area contributed by atoms with Crippen molar-refractivity contribution in [2.75, 3.05) is 0 Å². The molecule has 0 aliphatic carbocycles. The molecule has 0 N–H and O–H groups in total. The summed E-state index contributed by atoms with van der Waals surface area (Å²) in [6.45, 7) is 0. The van der Waals surface area contributed by atoms with E-state index in [1.54, 1.807) is 30.3 Å². The van der Waals surface area contributed by atoms with E-state index in [-0.39, 0.29) is 0 Å². The Hall–Kier alpha value is -2.28. The molecule has 0 bridgehead atoms. The zero-order valence-electron chi connectivity index (χ0n) is 9.20. The lowest BCUT2D eigenvalue weighted by atomic mass is 9.99. The minimum absolute atomic E-state index is 0.358. The van der Waals surface area contributed by atoms with E-state index in [0.29, 0.717) is 16.7 Å². The molecule has 1 nitrogen and oxygen atoms in total. The number of hydrogen-bond acceptors (Lipinski definition) is 1. The molecule has 0 heterocycles. The van der Waals surface area contributed by atoms with Gasteiger partial charge < -0.3 is 0 Å². The van der Waals surface area contributed by atoms with Gasteiger partial charge in [-0.15, -0.1) is 0 Å². The van der Waals surface area contributed by atoms with Crippen LogP contribution < -0.4 is 0 Å².